The number of benzene rings is 2. The fourth-order valence-corrected chi connectivity index (χ4v) is 3.10. The van der Waals surface area contributed by atoms with Gasteiger partial charge in [0.05, 0.1) is 21.3 Å². The zero-order valence-electron chi connectivity index (χ0n) is 14.5. The van der Waals surface area contributed by atoms with E-state index in [0.717, 1.165) is 50.6 Å². The molecule has 2 aromatic carbocycles. The molecule has 0 amide bonds. The maximum atomic E-state index is 5.72. The van der Waals surface area contributed by atoms with Crippen molar-refractivity contribution in [3.05, 3.63) is 40.5 Å². The van der Waals surface area contributed by atoms with Crippen molar-refractivity contribution in [3.63, 3.8) is 0 Å². The van der Waals surface area contributed by atoms with E-state index in [-0.39, 0.29) is 0 Å². The van der Waals surface area contributed by atoms with Crippen molar-refractivity contribution in [2.24, 2.45) is 0 Å². The maximum absolute atomic E-state index is 5.72. The van der Waals surface area contributed by atoms with Crippen molar-refractivity contribution in [1.82, 2.24) is 0 Å². The number of ether oxygens (including phenoxy) is 3. The van der Waals surface area contributed by atoms with Crippen molar-refractivity contribution in [1.29, 1.82) is 0 Å². The van der Waals surface area contributed by atoms with Crippen LogP contribution in [0.3, 0.4) is 0 Å². The van der Waals surface area contributed by atoms with Gasteiger partial charge in [-0.15, -0.1) is 0 Å². The molecule has 0 atom stereocenters. The van der Waals surface area contributed by atoms with Crippen LogP contribution in [0, 0.1) is 27.7 Å². The highest BCUT2D eigenvalue weighted by atomic mass is 16.5. The molecular weight excluding hydrogens is 276 g/mol. The van der Waals surface area contributed by atoms with Crippen LogP contribution >= 0.6 is 0 Å². The molecular formula is C19H24O3. The molecule has 0 unspecified atom stereocenters. The molecule has 0 N–H and O–H groups in total. The van der Waals surface area contributed by atoms with E-state index >= 15 is 0 Å². The summed E-state index contributed by atoms with van der Waals surface area (Å²) in [5.74, 6) is 2.64. The van der Waals surface area contributed by atoms with Crippen LogP contribution in [0.2, 0.25) is 0 Å². The molecule has 0 aliphatic heterocycles. The molecule has 0 heterocycles. The van der Waals surface area contributed by atoms with E-state index in [0.29, 0.717) is 0 Å². The third-order valence-corrected chi connectivity index (χ3v) is 4.28. The quantitative estimate of drug-likeness (QED) is 0.825. The molecule has 0 aliphatic rings. The fraction of sp³-hybridized carbons (Fsp3) is 0.368. The number of hydrogen-bond donors (Lipinski definition) is 0. The molecule has 0 fully saturated rings. The number of methoxy groups -OCH3 is 3. The maximum Gasteiger partial charge on any atom is 0.130 e. The molecule has 2 aromatic rings. The molecule has 0 bridgehead atoms. The monoisotopic (exact) mass is 300 g/mol. The van der Waals surface area contributed by atoms with Gasteiger partial charge in [0.2, 0.25) is 0 Å². The molecule has 3 nitrogen and oxygen atoms in total. The first kappa shape index (κ1) is 16.2. The molecule has 0 saturated heterocycles. The molecule has 0 saturated carbocycles. The zero-order valence-corrected chi connectivity index (χ0v) is 14.5. The summed E-state index contributed by atoms with van der Waals surface area (Å²) in [6, 6.07) is 6.14. The van der Waals surface area contributed by atoms with Gasteiger partial charge in [-0.3, -0.25) is 0 Å². The Hall–Kier alpha value is -2.16. The lowest BCUT2D eigenvalue weighted by Gasteiger charge is -2.22. The number of para-hydroxylation sites is 1. The Morgan fingerprint density at radius 3 is 1.73 bits per heavy atom. The lowest BCUT2D eigenvalue weighted by molar-refractivity contribution is 0.395. The van der Waals surface area contributed by atoms with Crippen LogP contribution in [0.15, 0.2) is 18.2 Å². The molecule has 22 heavy (non-hydrogen) atoms. The van der Waals surface area contributed by atoms with Gasteiger partial charge in [0, 0.05) is 16.7 Å². The first-order chi connectivity index (χ1) is 10.5. The van der Waals surface area contributed by atoms with E-state index in [4.69, 9.17) is 14.2 Å². The Morgan fingerprint density at radius 2 is 1.18 bits per heavy atom. The van der Waals surface area contributed by atoms with E-state index in [1.165, 1.54) is 0 Å². The van der Waals surface area contributed by atoms with E-state index in [1.807, 2.05) is 19.1 Å². The first-order valence-corrected chi connectivity index (χ1v) is 7.33. The van der Waals surface area contributed by atoms with Gasteiger partial charge in [0.15, 0.2) is 0 Å². The predicted molar refractivity (Wildman–Crippen MR) is 90.5 cm³/mol. The minimum absolute atomic E-state index is 0.870. The van der Waals surface area contributed by atoms with Crippen LogP contribution in [-0.2, 0) is 0 Å². The van der Waals surface area contributed by atoms with Crippen LogP contribution in [0.4, 0.5) is 0 Å². The largest absolute Gasteiger partial charge is 0.496 e. The van der Waals surface area contributed by atoms with Gasteiger partial charge in [0.25, 0.3) is 0 Å². The van der Waals surface area contributed by atoms with Gasteiger partial charge in [-0.2, -0.15) is 0 Å². The summed E-state index contributed by atoms with van der Waals surface area (Å²) in [4.78, 5) is 0. The SMILES string of the molecule is COc1c(C)cccc1-c1c(C)c(OC)c(C)c(C)c1OC. The second kappa shape index (κ2) is 6.30. The second-order valence-corrected chi connectivity index (χ2v) is 5.47. The molecule has 0 aliphatic carbocycles. The molecule has 0 radical (unpaired) electrons. The van der Waals surface area contributed by atoms with Crippen LogP contribution in [0.5, 0.6) is 17.2 Å². The third-order valence-electron chi connectivity index (χ3n) is 4.28. The molecule has 0 aromatic heterocycles. The Bertz CT molecular complexity index is 703. The average Bonchev–Trinajstić information content (AvgIpc) is 2.51. The topological polar surface area (TPSA) is 27.7 Å². The number of rotatable bonds is 4. The molecule has 3 heteroatoms. The minimum atomic E-state index is 0.870. The highest BCUT2D eigenvalue weighted by molar-refractivity contribution is 5.83. The molecule has 2 rings (SSSR count). The van der Waals surface area contributed by atoms with Gasteiger partial charge in [0.1, 0.15) is 17.2 Å². The van der Waals surface area contributed by atoms with E-state index in [9.17, 15) is 0 Å². The highest BCUT2D eigenvalue weighted by Gasteiger charge is 2.22. The highest BCUT2D eigenvalue weighted by Crippen LogP contribution is 2.46. The molecule has 118 valence electrons. The van der Waals surface area contributed by atoms with Crippen molar-refractivity contribution >= 4 is 0 Å². The predicted octanol–water partition coefficient (Wildman–Crippen LogP) is 4.61. The van der Waals surface area contributed by atoms with Gasteiger partial charge >= 0.3 is 0 Å². The van der Waals surface area contributed by atoms with Crippen molar-refractivity contribution in [2.45, 2.75) is 27.7 Å². The van der Waals surface area contributed by atoms with Gasteiger partial charge in [-0.1, -0.05) is 18.2 Å². The van der Waals surface area contributed by atoms with Gasteiger partial charge in [-0.25, -0.2) is 0 Å². The summed E-state index contributed by atoms with van der Waals surface area (Å²) >= 11 is 0. The summed E-state index contributed by atoms with van der Waals surface area (Å²) in [5, 5.41) is 0. The van der Waals surface area contributed by atoms with Crippen molar-refractivity contribution in [2.75, 3.05) is 21.3 Å². The summed E-state index contributed by atoms with van der Waals surface area (Å²) in [6.07, 6.45) is 0. The van der Waals surface area contributed by atoms with E-state index in [2.05, 4.69) is 26.8 Å². The normalized spacial score (nSPS) is 10.5. The van der Waals surface area contributed by atoms with Gasteiger partial charge in [-0.05, 0) is 44.4 Å². The smallest absolute Gasteiger partial charge is 0.130 e. The molecule has 0 spiro atoms. The summed E-state index contributed by atoms with van der Waals surface area (Å²) in [6.45, 7) is 8.22. The fourth-order valence-electron chi connectivity index (χ4n) is 3.10. The van der Waals surface area contributed by atoms with Crippen LogP contribution in [0.25, 0.3) is 11.1 Å². The van der Waals surface area contributed by atoms with Crippen molar-refractivity contribution in [3.8, 4) is 28.4 Å². The Morgan fingerprint density at radius 1 is 0.636 bits per heavy atom. The zero-order chi connectivity index (χ0) is 16.4. The summed E-state index contributed by atoms with van der Waals surface area (Å²) in [7, 11) is 5.11. The van der Waals surface area contributed by atoms with E-state index in [1.54, 1.807) is 21.3 Å². The van der Waals surface area contributed by atoms with Crippen molar-refractivity contribution < 1.29 is 14.2 Å². The lowest BCUT2D eigenvalue weighted by Crippen LogP contribution is -2.02. The number of aryl methyl sites for hydroxylation is 1. The third kappa shape index (κ3) is 2.41. The Kier molecular flexibility index (Phi) is 4.65. The number of hydrogen-bond acceptors (Lipinski definition) is 3. The van der Waals surface area contributed by atoms with Crippen LogP contribution in [0.1, 0.15) is 22.3 Å². The summed E-state index contributed by atoms with van der Waals surface area (Å²) in [5.41, 5.74) is 6.40. The second-order valence-electron chi connectivity index (χ2n) is 5.47. The Balaban J connectivity index is 2.92. The van der Waals surface area contributed by atoms with Crippen LogP contribution in [-0.4, -0.2) is 21.3 Å². The van der Waals surface area contributed by atoms with E-state index < -0.39 is 0 Å². The lowest BCUT2D eigenvalue weighted by atomic mass is 9.91. The Labute approximate surface area is 132 Å². The standard InChI is InChI=1S/C19H24O3/c1-11-9-8-10-15(17(11)20-5)16-14(4)18(21-6)12(2)13(3)19(16)22-7/h8-10H,1-7H3. The van der Waals surface area contributed by atoms with Gasteiger partial charge < -0.3 is 14.2 Å². The average molecular weight is 300 g/mol. The summed E-state index contributed by atoms with van der Waals surface area (Å²) < 4.78 is 17.0. The minimum Gasteiger partial charge on any atom is -0.496 e. The van der Waals surface area contributed by atoms with Crippen LogP contribution < -0.4 is 14.2 Å². The first-order valence-electron chi connectivity index (χ1n) is 7.33.